The van der Waals surface area contributed by atoms with Crippen LogP contribution < -0.4 is 0 Å². The molecule has 0 heterocycles. The highest BCUT2D eigenvalue weighted by Gasteiger charge is 2.45. The molecule has 3 rings (SSSR count). The second-order valence-electron chi connectivity index (χ2n) is 7.61. The van der Waals surface area contributed by atoms with Crippen molar-refractivity contribution in [3.8, 4) is 0 Å². The summed E-state index contributed by atoms with van der Waals surface area (Å²) in [6.45, 7) is 4.26. The molecule has 2 aliphatic rings. The molecule has 0 bridgehead atoms. The van der Waals surface area contributed by atoms with Gasteiger partial charge in [0.05, 0.1) is 26.1 Å². The Morgan fingerprint density at radius 3 is 2.61 bits per heavy atom. The van der Waals surface area contributed by atoms with Crippen LogP contribution in [0.5, 0.6) is 0 Å². The first-order valence-corrected chi connectivity index (χ1v) is 10.3. The first-order valence-electron chi connectivity index (χ1n) is 10.3. The molecule has 1 aromatic rings. The molecule has 0 aromatic heterocycles. The van der Waals surface area contributed by atoms with E-state index < -0.39 is 5.92 Å². The van der Waals surface area contributed by atoms with Gasteiger partial charge in [-0.1, -0.05) is 48.4 Å². The largest absolute Gasteiger partial charge is 0.469 e. The van der Waals surface area contributed by atoms with Crippen LogP contribution >= 0.6 is 0 Å². The lowest BCUT2D eigenvalue weighted by Crippen LogP contribution is -2.37. The number of methoxy groups -OCH3 is 1. The Labute approximate surface area is 167 Å². The third kappa shape index (κ3) is 4.06. The molecule has 1 aromatic carbocycles. The summed E-state index contributed by atoms with van der Waals surface area (Å²) in [7, 11) is 1.45. The number of rotatable bonds is 5. The molecule has 28 heavy (non-hydrogen) atoms. The molecule has 1 saturated carbocycles. The van der Waals surface area contributed by atoms with Gasteiger partial charge in [0, 0.05) is 5.92 Å². The zero-order valence-corrected chi connectivity index (χ0v) is 17.1. The average molecular weight is 383 g/mol. The Balaban J connectivity index is 2.11. The second-order valence-corrected chi connectivity index (χ2v) is 7.61. The van der Waals surface area contributed by atoms with Crippen LogP contribution in [0.3, 0.4) is 0 Å². The van der Waals surface area contributed by atoms with Crippen LogP contribution in [0.2, 0.25) is 0 Å². The maximum Gasteiger partial charge on any atom is 0.313 e. The molecule has 0 saturated heterocycles. The van der Waals surface area contributed by atoms with Gasteiger partial charge in [-0.15, -0.1) is 0 Å². The smallest absolute Gasteiger partial charge is 0.313 e. The van der Waals surface area contributed by atoms with E-state index in [9.17, 15) is 9.59 Å². The van der Waals surface area contributed by atoms with Gasteiger partial charge < -0.3 is 9.47 Å². The van der Waals surface area contributed by atoms with Crippen LogP contribution in [0.1, 0.15) is 57.4 Å². The summed E-state index contributed by atoms with van der Waals surface area (Å²) in [5.74, 6) is -0.499. The Kier molecular flexibility index (Phi) is 6.71. The van der Waals surface area contributed by atoms with E-state index in [1.165, 1.54) is 25.5 Å². The number of carbonyl (C=O) groups excluding carboxylic acids is 2. The number of allylic oxidation sites excluding steroid dienone is 2. The molecule has 2 aliphatic carbocycles. The number of hydrogen-bond acceptors (Lipinski definition) is 4. The lowest BCUT2D eigenvalue weighted by Gasteiger charge is -2.43. The fourth-order valence-electron chi connectivity index (χ4n) is 4.94. The molecule has 4 heteroatoms. The first-order chi connectivity index (χ1) is 13.6. The number of benzene rings is 1. The maximum absolute atomic E-state index is 12.9. The van der Waals surface area contributed by atoms with E-state index in [0.717, 1.165) is 29.6 Å². The first kappa shape index (κ1) is 20.4. The Bertz CT molecular complexity index is 775. The Morgan fingerprint density at radius 1 is 1.18 bits per heavy atom. The molecule has 4 nitrogen and oxygen atoms in total. The van der Waals surface area contributed by atoms with E-state index in [0.29, 0.717) is 12.5 Å². The number of ether oxygens (including phenoxy) is 2. The monoisotopic (exact) mass is 382 g/mol. The molecule has 3 unspecified atom stereocenters. The zero-order valence-electron chi connectivity index (χ0n) is 17.1. The number of carbonyl (C=O) groups is 2. The fourth-order valence-corrected chi connectivity index (χ4v) is 4.94. The average Bonchev–Trinajstić information content (AvgIpc) is 2.73. The van der Waals surface area contributed by atoms with E-state index in [2.05, 4.69) is 19.1 Å². The van der Waals surface area contributed by atoms with E-state index in [-0.39, 0.29) is 24.3 Å². The molecule has 0 spiro atoms. The fraction of sp³-hybridized carbons (Fsp3) is 0.500. The van der Waals surface area contributed by atoms with Crippen LogP contribution in [-0.4, -0.2) is 25.7 Å². The summed E-state index contributed by atoms with van der Waals surface area (Å²) in [4.78, 5) is 24.9. The summed E-state index contributed by atoms with van der Waals surface area (Å²) < 4.78 is 10.3. The van der Waals surface area contributed by atoms with Crippen molar-refractivity contribution < 1.29 is 19.1 Å². The van der Waals surface area contributed by atoms with Crippen molar-refractivity contribution in [1.82, 2.24) is 0 Å². The van der Waals surface area contributed by atoms with Gasteiger partial charge in [-0.25, -0.2) is 0 Å². The van der Waals surface area contributed by atoms with Gasteiger partial charge in [0.25, 0.3) is 0 Å². The van der Waals surface area contributed by atoms with Crippen LogP contribution in [0.4, 0.5) is 0 Å². The van der Waals surface area contributed by atoms with Crippen molar-refractivity contribution in [2.75, 3.05) is 13.7 Å². The van der Waals surface area contributed by atoms with E-state index in [1.54, 1.807) is 6.92 Å². The van der Waals surface area contributed by atoms with Crippen LogP contribution in [0.15, 0.2) is 53.1 Å². The summed E-state index contributed by atoms with van der Waals surface area (Å²) in [6.07, 6.45) is 6.57. The van der Waals surface area contributed by atoms with Gasteiger partial charge in [-0.2, -0.15) is 0 Å². The highest BCUT2D eigenvalue weighted by molar-refractivity contribution is 5.81. The van der Waals surface area contributed by atoms with Crippen molar-refractivity contribution in [3.63, 3.8) is 0 Å². The predicted octanol–water partition coefficient (Wildman–Crippen LogP) is 4.96. The lowest BCUT2D eigenvalue weighted by molar-refractivity contribution is -0.146. The Hall–Kier alpha value is -2.36. The van der Waals surface area contributed by atoms with Gasteiger partial charge in [0.1, 0.15) is 0 Å². The molecule has 0 N–H and O–H groups in total. The summed E-state index contributed by atoms with van der Waals surface area (Å²) in [5, 5.41) is 0. The van der Waals surface area contributed by atoms with Crippen molar-refractivity contribution in [1.29, 1.82) is 0 Å². The van der Waals surface area contributed by atoms with Gasteiger partial charge in [-0.05, 0) is 55.7 Å². The van der Waals surface area contributed by atoms with E-state index in [1.807, 2.05) is 24.3 Å². The van der Waals surface area contributed by atoms with Crippen molar-refractivity contribution >= 4 is 11.9 Å². The molecule has 1 fully saturated rings. The summed E-state index contributed by atoms with van der Waals surface area (Å²) >= 11 is 0. The second kappa shape index (κ2) is 9.22. The minimum Gasteiger partial charge on any atom is -0.469 e. The molecule has 0 amide bonds. The van der Waals surface area contributed by atoms with Crippen LogP contribution in [-0.2, 0) is 19.1 Å². The molecule has 0 radical (unpaired) electrons. The molecular weight excluding hydrogens is 352 g/mol. The summed E-state index contributed by atoms with van der Waals surface area (Å²) in [6, 6.07) is 10.3. The minimum absolute atomic E-state index is 0.0427. The topological polar surface area (TPSA) is 52.6 Å². The van der Waals surface area contributed by atoms with Gasteiger partial charge in [-0.3, -0.25) is 9.59 Å². The van der Waals surface area contributed by atoms with Crippen LogP contribution in [0, 0.1) is 11.8 Å². The lowest BCUT2D eigenvalue weighted by atomic mass is 9.60. The number of esters is 2. The molecule has 0 aliphatic heterocycles. The van der Waals surface area contributed by atoms with Crippen molar-refractivity contribution in [2.45, 2.75) is 51.9 Å². The SMILES string of the molecule is CCOC(=O)C/C=C1\C(C)=C2CCCCC2C(c2ccccc2)C1C(=O)OC. The highest BCUT2D eigenvalue weighted by Crippen LogP contribution is 2.52. The third-order valence-corrected chi connectivity index (χ3v) is 6.13. The van der Waals surface area contributed by atoms with Crippen molar-refractivity contribution in [3.05, 3.63) is 58.7 Å². The molecule has 3 atom stereocenters. The summed E-state index contributed by atoms with van der Waals surface area (Å²) in [5.41, 5.74) is 4.70. The maximum atomic E-state index is 12.9. The van der Waals surface area contributed by atoms with Gasteiger partial charge in [0.15, 0.2) is 0 Å². The number of hydrogen-bond donors (Lipinski definition) is 0. The quantitative estimate of drug-likeness (QED) is 0.676. The zero-order chi connectivity index (χ0) is 20.1. The van der Waals surface area contributed by atoms with E-state index >= 15 is 0 Å². The van der Waals surface area contributed by atoms with Gasteiger partial charge in [0.2, 0.25) is 0 Å². The third-order valence-electron chi connectivity index (χ3n) is 6.13. The van der Waals surface area contributed by atoms with Crippen LogP contribution in [0.25, 0.3) is 0 Å². The molecule has 150 valence electrons. The predicted molar refractivity (Wildman–Crippen MR) is 109 cm³/mol. The minimum atomic E-state index is -0.395. The van der Waals surface area contributed by atoms with E-state index in [4.69, 9.17) is 9.47 Å². The standard InChI is InChI=1S/C24H30O4/c1-4-28-21(25)15-14-19-16(2)18-12-8-9-13-20(18)22(23(19)24(26)27-3)17-10-6-5-7-11-17/h5-7,10-11,14,20,22-23H,4,8-9,12-13,15H2,1-3H3/b19-14+. The highest BCUT2D eigenvalue weighted by atomic mass is 16.5. The number of fused-ring (bicyclic) bond motifs is 1. The Morgan fingerprint density at radius 2 is 1.93 bits per heavy atom. The van der Waals surface area contributed by atoms with Crippen molar-refractivity contribution in [2.24, 2.45) is 11.8 Å². The normalized spacial score (nSPS) is 26.0. The molecular formula is C24H30O4. The van der Waals surface area contributed by atoms with Gasteiger partial charge >= 0.3 is 11.9 Å².